The summed E-state index contributed by atoms with van der Waals surface area (Å²) in [5.41, 5.74) is 0.900. The Morgan fingerprint density at radius 3 is 2.61 bits per heavy atom. The van der Waals surface area contributed by atoms with Crippen LogP contribution in [0.15, 0.2) is 46.9 Å². The molecule has 0 bridgehead atoms. The third-order valence-corrected chi connectivity index (χ3v) is 2.91. The van der Waals surface area contributed by atoms with Crippen molar-refractivity contribution >= 4 is 33.0 Å². The summed E-state index contributed by atoms with van der Waals surface area (Å²) in [5.74, 6) is -0.386. The number of hydrogen-bond acceptors (Lipinski definition) is 3. The average Bonchev–Trinajstić information content (AvgIpc) is 2.34. The van der Waals surface area contributed by atoms with Crippen LogP contribution in [0.25, 0.3) is 0 Å². The molecule has 0 heterocycles. The number of rotatable bonds is 3. The molecule has 6 heteroatoms. The molecule has 0 atom stereocenters. The molecular formula is C12H8BrFN2O2. The van der Waals surface area contributed by atoms with E-state index in [2.05, 4.69) is 21.2 Å². The zero-order valence-electron chi connectivity index (χ0n) is 9.06. The number of hydrogen-bond donors (Lipinski definition) is 1. The number of nitrogens with one attached hydrogen (secondary N) is 1. The monoisotopic (exact) mass is 310 g/mol. The van der Waals surface area contributed by atoms with Crippen LogP contribution in [0.2, 0.25) is 0 Å². The normalized spacial score (nSPS) is 10.1. The van der Waals surface area contributed by atoms with Gasteiger partial charge in [-0.3, -0.25) is 10.1 Å². The van der Waals surface area contributed by atoms with E-state index >= 15 is 0 Å². The molecule has 4 nitrogen and oxygen atoms in total. The van der Waals surface area contributed by atoms with Gasteiger partial charge in [-0.05, 0) is 40.2 Å². The van der Waals surface area contributed by atoms with Crippen molar-refractivity contribution in [3.63, 3.8) is 0 Å². The molecule has 0 spiro atoms. The van der Waals surface area contributed by atoms with Gasteiger partial charge in [-0.15, -0.1) is 0 Å². The Labute approximate surface area is 111 Å². The smallest absolute Gasteiger partial charge is 0.292 e. The highest BCUT2D eigenvalue weighted by Gasteiger charge is 2.12. The number of anilines is 2. The van der Waals surface area contributed by atoms with E-state index in [1.54, 1.807) is 18.2 Å². The summed E-state index contributed by atoms with van der Waals surface area (Å²) in [6.45, 7) is 0. The molecule has 0 radical (unpaired) electrons. The Hall–Kier alpha value is -1.95. The lowest BCUT2D eigenvalue weighted by Gasteiger charge is -2.07. The molecule has 18 heavy (non-hydrogen) atoms. The number of halogens is 2. The molecule has 0 fully saturated rings. The molecule has 0 saturated carbocycles. The van der Waals surface area contributed by atoms with Gasteiger partial charge in [-0.1, -0.05) is 12.1 Å². The lowest BCUT2D eigenvalue weighted by atomic mass is 10.2. The van der Waals surface area contributed by atoms with Gasteiger partial charge >= 0.3 is 0 Å². The van der Waals surface area contributed by atoms with Gasteiger partial charge < -0.3 is 5.32 Å². The topological polar surface area (TPSA) is 55.2 Å². The van der Waals surface area contributed by atoms with E-state index in [4.69, 9.17) is 0 Å². The summed E-state index contributed by atoms with van der Waals surface area (Å²) >= 11 is 3.06. The van der Waals surface area contributed by atoms with Gasteiger partial charge in [0.05, 0.1) is 9.40 Å². The summed E-state index contributed by atoms with van der Waals surface area (Å²) in [7, 11) is 0. The van der Waals surface area contributed by atoms with Crippen LogP contribution in [-0.4, -0.2) is 4.92 Å². The van der Waals surface area contributed by atoms with Crippen LogP contribution in [0.1, 0.15) is 0 Å². The molecule has 0 aliphatic carbocycles. The fourth-order valence-electron chi connectivity index (χ4n) is 1.47. The minimum absolute atomic E-state index is 0.0297. The van der Waals surface area contributed by atoms with Crippen molar-refractivity contribution in [2.24, 2.45) is 0 Å². The van der Waals surface area contributed by atoms with Gasteiger partial charge in [0.25, 0.3) is 5.69 Å². The van der Waals surface area contributed by atoms with Gasteiger partial charge in [0, 0.05) is 11.8 Å². The van der Waals surface area contributed by atoms with E-state index < -0.39 is 4.92 Å². The van der Waals surface area contributed by atoms with E-state index in [1.165, 1.54) is 24.3 Å². The van der Waals surface area contributed by atoms with E-state index in [1.807, 2.05) is 0 Å². The van der Waals surface area contributed by atoms with E-state index in [9.17, 15) is 14.5 Å². The predicted octanol–water partition coefficient (Wildman–Crippen LogP) is 4.24. The fraction of sp³-hybridized carbons (Fsp3) is 0. The summed E-state index contributed by atoms with van der Waals surface area (Å²) < 4.78 is 13.4. The molecule has 2 aromatic rings. The van der Waals surface area contributed by atoms with Crippen molar-refractivity contribution in [1.29, 1.82) is 0 Å². The summed E-state index contributed by atoms with van der Waals surface area (Å²) in [5, 5.41) is 13.7. The van der Waals surface area contributed by atoms with Crippen molar-refractivity contribution in [2.75, 3.05) is 5.32 Å². The molecule has 2 rings (SSSR count). The Balaban J connectivity index is 2.34. The molecule has 92 valence electrons. The first-order valence-electron chi connectivity index (χ1n) is 5.03. The number of nitro groups is 1. The molecule has 1 N–H and O–H groups in total. The number of nitrogens with zero attached hydrogens (tertiary/aromatic N) is 1. The van der Waals surface area contributed by atoms with Crippen LogP contribution < -0.4 is 5.32 Å². The molecule has 0 aliphatic heterocycles. The average molecular weight is 311 g/mol. The maximum Gasteiger partial charge on any atom is 0.292 e. The van der Waals surface area contributed by atoms with Crippen molar-refractivity contribution < 1.29 is 9.31 Å². The van der Waals surface area contributed by atoms with Gasteiger partial charge in [-0.2, -0.15) is 0 Å². The second-order valence-corrected chi connectivity index (χ2v) is 4.38. The highest BCUT2D eigenvalue weighted by atomic mass is 79.9. The minimum Gasteiger partial charge on any atom is -0.350 e. The minimum atomic E-state index is -0.471. The van der Waals surface area contributed by atoms with Crippen molar-refractivity contribution in [3.8, 4) is 0 Å². The summed E-state index contributed by atoms with van der Waals surface area (Å²) in [6.07, 6.45) is 0. The maximum atomic E-state index is 13.1. The first kappa shape index (κ1) is 12.5. The van der Waals surface area contributed by atoms with Crippen molar-refractivity contribution in [3.05, 3.63) is 62.9 Å². The van der Waals surface area contributed by atoms with Gasteiger partial charge in [-0.25, -0.2) is 4.39 Å². The molecule has 0 amide bonds. The first-order valence-corrected chi connectivity index (χ1v) is 5.83. The lowest BCUT2D eigenvalue weighted by molar-refractivity contribution is -0.383. The molecule has 0 unspecified atom stereocenters. The Morgan fingerprint density at radius 2 is 1.94 bits per heavy atom. The lowest BCUT2D eigenvalue weighted by Crippen LogP contribution is -1.96. The molecule has 0 aliphatic rings. The van der Waals surface area contributed by atoms with Crippen LogP contribution in [0.3, 0.4) is 0 Å². The quantitative estimate of drug-likeness (QED) is 0.681. The van der Waals surface area contributed by atoms with E-state index in [0.29, 0.717) is 15.8 Å². The van der Waals surface area contributed by atoms with Crippen molar-refractivity contribution in [1.82, 2.24) is 0 Å². The van der Waals surface area contributed by atoms with Gasteiger partial charge in [0.1, 0.15) is 11.5 Å². The zero-order valence-corrected chi connectivity index (χ0v) is 10.6. The second kappa shape index (κ2) is 5.14. The first-order chi connectivity index (χ1) is 8.58. The molecular weight excluding hydrogens is 303 g/mol. The SMILES string of the molecule is O=[N+]([O-])c1ccccc1Nc1ccc(F)c(Br)c1. The Bertz CT molecular complexity index is 604. The molecule has 0 aromatic heterocycles. The molecule has 2 aromatic carbocycles. The largest absolute Gasteiger partial charge is 0.350 e. The zero-order chi connectivity index (χ0) is 13.1. The predicted molar refractivity (Wildman–Crippen MR) is 70.5 cm³/mol. The van der Waals surface area contributed by atoms with Crippen molar-refractivity contribution in [2.45, 2.75) is 0 Å². The van der Waals surface area contributed by atoms with E-state index in [-0.39, 0.29) is 11.5 Å². The third kappa shape index (κ3) is 2.65. The highest BCUT2D eigenvalue weighted by Crippen LogP contribution is 2.28. The maximum absolute atomic E-state index is 13.1. The second-order valence-electron chi connectivity index (χ2n) is 3.53. The highest BCUT2D eigenvalue weighted by molar-refractivity contribution is 9.10. The number of para-hydroxylation sites is 2. The van der Waals surface area contributed by atoms with Crippen LogP contribution in [0, 0.1) is 15.9 Å². The third-order valence-electron chi connectivity index (χ3n) is 2.30. The summed E-state index contributed by atoms with van der Waals surface area (Å²) in [4.78, 5) is 10.4. The number of nitro benzene ring substituents is 1. The van der Waals surface area contributed by atoms with Gasteiger partial charge in [0.15, 0.2) is 0 Å². The van der Waals surface area contributed by atoms with Crippen LogP contribution >= 0.6 is 15.9 Å². The van der Waals surface area contributed by atoms with E-state index in [0.717, 1.165) is 0 Å². The molecule has 0 saturated heterocycles. The van der Waals surface area contributed by atoms with Crippen LogP contribution in [0.5, 0.6) is 0 Å². The standard InChI is InChI=1S/C12H8BrFN2O2/c13-9-7-8(5-6-10(9)14)15-11-3-1-2-4-12(11)16(17)18/h1-7,15H. The Kier molecular flexibility index (Phi) is 3.57. The van der Waals surface area contributed by atoms with Crippen LogP contribution in [-0.2, 0) is 0 Å². The Morgan fingerprint density at radius 1 is 1.22 bits per heavy atom. The fourth-order valence-corrected chi connectivity index (χ4v) is 1.85. The van der Waals surface area contributed by atoms with Crippen LogP contribution in [0.4, 0.5) is 21.5 Å². The van der Waals surface area contributed by atoms with Gasteiger partial charge in [0.2, 0.25) is 0 Å². The summed E-state index contributed by atoms with van der Waals surface area (Å²) in [6, 6.07) is 10.6. The number of benzene rings is 2.